The van der Waals surface area contributed by atoms with Crippen molar-refractivity contribution in [3.05, 3.63) is 35.6 Å². The molecule has 1 unspecified atom stereocenters. The van der Waals surface area contributed by atoms with Crippen LogP contribution in [0.15, 0.2) is 24.3 Å². The highest BCUT2D eigenvalue weighted by atomic mass is 19.1. The van der Waals surface area contributed by atoms with Gasteiger partial charge in [-0.15, -0.1) is 0 Å². The molecule has 102 valence electrons. The van der Waals surface area contributed by atoms with Crippen LogP contribution in [0, 0.1) is 5.82 Å². The maximum atomic E-state index is 13.5. The first-order valence-electron chi connectivity index (χ1n) is 6.47. The number of likely N-dealkylation sites (N-methyl/N-ethyl adjacent to an activating group) is 1. The van der Waals surface area contributed by atoms with Crippen LogP contribution in [0.1, 0.15) is 26.3 Å². The van der Waals surface area contributed by atoms with Crippen molar-refractivity contribution in [1.29, 1.82) is 0 Å². The van der Waals surface area contributed by atoms with Gasteiger partial charge in [0.15, 0.2) is 0 Å². The fourth-order valence-corrected chi connectivity index (χ4v) is 1.65. The Kier molecular flexibility index (Phi) is 5.29. The van der Waals surface area contributed by atoms with Gasteiger partial charge in [-0.3, -0.25) is 0 Å². The molecule has 0 heterocycles. The predicted molar refractivity (Wildman–Crippen MR) is 75.3 cm³/mol. The number of nitrogens with zero attached hydrogens (tertiary/aromatic N) is 1. The molecule has 1 aromatic rings. The van der Waals surface area contributed by atoms with Crippen LogP contribution < -0.4 is 5.32 Å². The van der Waals surface area contributed by atoms with Crippen molar-refractivity contribution in [3.8, 4) is 0 Å². The molecule has 0 saturated carbocycles. The highest BCUT2D eigenvalue weighted by molar-refractivity contribution is 5.18. The molecule has 0 aromatic heterocycles. The van der Waals surface area contributed by atoms with Gasteiger partial charge in [0.05, 0.1) is 0 Å². The molecule has 18 heavy (non-hydrogen) atoms. The largest absolute Gasteiger partial charge is 0.312 e. The third-order valence-corrected chi connectivity index (χ3v) is 3.58. The van der Waals surface area contributed by atoms with E-state index in [1.165, 1.54) is 6.07 Å². The van der Waals surface area contributed by atoms with E-state index in [2.05, 4.69) is 45.1 Å². The smallest absolute Gasteiger partial charge is 0.126 e. The van der Waals surface area contributed by atoms with Crippen molar-refractivity contribution in [2.75, 3.05) is 20.6 Å². The molecule has 2 nitrogen and oxygen atoms in total. The number of benzene rings is 1. The summed E-state index contributed by atoms with van der Waals surface area (Å²) in [6.45, 7) is 7.36. The summed E-state index contributed by atoms with van der Waals surface area (Å²) in [5.41, 5.74) is 0.879. The van der Waals surface area contributed by atoms with Crippen molar-refractivity contribution in [3.63, 3.8) is 0 Å². The van der Waals surface area contributed by atoms with Gasteiger partial charge in [-0.25, -0.2) is 4.39 Å². The zero-order valence-corrected chi connectivity index (χ0v) is 12.1. The van der Waals surface area contributed by atoms with E-state index in [4.69, 9.17) is 0 Å². The summed E-state index contributed by atoms with van der Waals surface area (Å²) in [6.07, 6.45) is 0.718. The fourth-order valence-electron chi connectivity index (χ4n) is 1.65. The molecular formula is C15H25FN2. The van der Waals surface area contributed by atoms with Gasteiger partial charge >= 0.3 is 0 Å². The van der Waals surface area contributed by atoms with Gasteiger partial charge in [-0.05, 0) is 52.9 Å². The second-order valence-electron chi connectivity index (χ2n) is 5.78. The molecule has 0 bridgehead atoms. The average Bonchev–Trinajstić information content (AvgIpc) is 2.29. The van der Waals surface area contributed by atoms with E-state index in [1.54, 1.807) is 6.07 Å². The molecule has 1 rings (SSSR count). The van der Waals surface area contributed by atoms with Crippen molar-refractivity contribution in [2.45, 2.75) is 38.8 Å². The van der Waals surface area contributed by atoms with Crippen LogP contribution in [-0.2, 0) is 6.42 Å². The highest BCUT2D eigenvalue weighted by Gasteiger charge is 2.20. The summed E-state index contributed by atoms with van der Waals surface area (Å²) in [5, 5.41) is 3.47. The van der Waals surface area contributed by atoms with E-state index in [1.807, 2.05) is 12.1 Å². The molecule has 3 heteroatoms. The standard InChI is InChI=1S/C15H25FN2/c1-12(17-11-15(2,3)18(4)5)10-13-8-6-7-9-14(13)16/h6-9,12,17H,10-11H2,1-5H3. The van der Waals surface area contributed by atoms with Crippen molar-refractivity contribution >= 4 is 0 Å². The Hall–Kier alpha value is -0.930. The lowest BCUT2D eigenvalue weighted by Gasteiger charge is -2.34. The molecular weight excluding hydrogens is 227 g/mol. The Morgan fingerprint density at radius 1 is 1.28 bits per heavy atom. The summed E-state index contributed by atoms with van der Waals surface area (Å²) in [5.74, 6) is -0.113. The van der Waals surface area contributed by atoms with Crippen LogP contribution in [0.25, 0.3) is 0 Å². The molecule has 0 aliphatic rings. The second-order valence-corrected chi connectivity index (χ2v) is 5.78. The van der Waals surface area contributed by atoms with Gasteiger partial charge in [0, 0.05) is 18.1 Å². The normalized spacial score (nSPS) is 13.9. The van der Waals surface area contributed by atoms with E-state index in [-0.39, 0.29) is 17.4 Å². The first-order valence-corrected chi connectivity index (χ1v) is 6.47. The van der Waals surface area contributed by atoms with E-state index in [0.29, 0.717) is 0 Å². The lowest BCUT2D eigenvalue weighted by atomic mass is 10.0. The molecule has 0 fully saturated rings. The summed E-state index contributed by atoms with van der Waals surface area (Å²) >= 11 is 0. The van der Waals surface area contributed by atoms with Crippen molar-refractivity contribution < 1.29 is 4.39 Å². The molecule has 1 aromatic carbocycles. The summed E-state index contributed by atoms with van der Waals surface area (Å²) in [4.78, 5) is 2.19. The third kappa shape index (κ3) is 4.39. The monoisotopic (exact) mass is 252 g/mol. The summed E-state index contributed by atoms with van der Waals surface area (Å²) < 4.78 is 13.5. The molecule has 0 amide bonds. The van der Waals surface area contributed by atoms with E-state index in [0.717, 1.165) is 18.5 Å². The first kappa shape index (κ1) is 15.1. The summed E-state index contributed by atoms with van der Waals surface area (Å²) in [6, 6.07) is 7.25. The average molecular weight is 252 g/mol. The van der Waals surface area contributed by atoms with Gasteiger partial charge in [-0.2, -0.15) is 0 Å². The fraction of sp³-hybridized carbons (Fsp3) is 0.600. The third-order valence-electron chi connectivity index (χ3n) is 3.58. The molecule has 1 atom stereocenters. The molecule has 0 saturated heterocycles. The lowest BCUT2D eigenvalue weighted by molar-refractivity contribution is 0.185. The quantitative estimate of drug-likeness (QED) is 0.837. The Labute approximate surface area is 110 Å². The van der Waals surface area contributed by atoms with E-state index >= 15 is 0 Å². The molecule has 0 spiro atoms. The highest BCUT2D eigenvalue weighted by Crippen LogP contribution is 2.11. The number of hydrogen-bond acceptors (Lipinski definition) is 2. The summed E-state index contributed by atoms with van der Waals surface area (Å²) in [7, 11) is 4.15. The maximum Gasteiger partial charge on any atom is 0.126 e. The van der Waals surface area contributed by atoms with Gasteiger partial charge in [0.1, 0.15) is 5.82 Å². The van der Waals surface area contributed by atoms with Crippen molar-refractivity contribution in [2.24, 2.45) is 0 Å². The zero-order chi connectivity index (χ0) is 13.8. The van der Waals surface area contributed by atoms with Crippen LogP contribution in [0.4, 0.5) is 4.39 Å². The van der Waals surface area contributed by atoms with Crippen LogP contribution in [0.3, 0.4) is 0 Å². The molecule has 0 aliphatic carbocycles. The van der Waals surface area contributed by atoms with Crippen molar-refractivity contribution in [1.82, 2.24) is 10.2 Å². The number of halogens is 1. The Bertz CT molecular complexity index is 375. The topological polar surface area (TPSA) is 15.3 Å². The zero-order valence-electron chi connectivity index (χ0n) is 12.1. The molecule has 0 radical (unpaired) electrons. The minimum atomic E-state index is -0.113. The number of rotatable bonds is 6. The predicted octanol–water partition coefficient (Wildman–Crippen LogP) is 2.69. The van der Waals surface area contributed by atoms with E-state index in [9.17, 15) is 4.39 Å². The van der Waals surface area contributed by atoms with Gasteiger partial charge in [0.2, 0.25) is 0 Å². The molecule has 0 aliphatic heterocycles. The SMILES string of the molecule is CC(Cc1ccccc1F)NCC(C)(C)N(C)C. The Morgan fingerprint density at radius 2 is 1.89 bits per heavy atom. The van der Waals surface area contributed by atoms with Gasteiger partial charge in [0.25, 0.3) is 0 Å². The maximum absolute atomic E-state index is 13.5. The minimum Gasteiger partial charge on any atom is -0.312 e. The van der Waals surface area contributed by atoms with Gasteiger partial charge in [-0.1, -0.05) is 18.2 Å². The van der Waals surface area contributed by atoms with E-state index < -0.39 is 0 Å². The van der Waals surface area contributed by atoms with Crippen LogP contribution in [0.2, 0.25) is 0 Å². The number of nitrogens with one attached hydrogen (secondary N) is 1. The Balaban J connectivity index is 2.48. The Morgan fingerprint density at radius 3 is 2.44 bits per heavy atom. The first-order chi connectivity index (χ1) is 8.33. The van der Waals surface area contributed by atoms with Crippen LogP contribution >= 0.6 is 0 Å². The lowest BCUT2D eigenvalue weighted by Crippen LogP contribution is -2.49. The molecule has 1 N–H and O–H groups in total. The second kappa shape index (κ2) is 6.30. The van der Waals surface area contributed by atoms with Crippen LogP contribution in [0.5, 0.6) is 0 Å². The minimum absolute atomic E-state index is 0.101. The van der Waals surface area contributed by atoms with Crippen LogP contribution in [-0.4, -0.2) is 37.1 Å². The van der Waals surface area contributed by atoms with Gasteiger partial charge < -0.3 is 10.2 Å². The number of hydrogen-bond donors (Lipinski definition) is 1.